The maximum Gasteiger partial charge on any atom is 0.227 e. The van der Waals surface area contributed by atoms with Gasteiger partial charge in [-0.2, -0.15) is 0 Å². The third-order valence-corrected chi connectivity index (χ3v) is 6.99. The van der Waals surface area contributed by atoms with Crippen molar-refractivity contribution < 1.29 is 18.4 Å². The van der Waals surface area contributed by atoms with Gasteiger partial charge in [-0.05, 0) is 49.4 Å². The summed E-state index contributed by atoms with van der Waals surface area (Å²) in [5, 5.41) is 2.92. The summed E-state index contributed by atoms with van der Waals surface area (Å²) in [6.07, 6.45) is 1.99. The Morgan fingerprint density at radius 3 is 2.70 bits per heavy atom. The van der Waals surface area contributed by atoms with Crippen LogP contribution in [0.15, 0.2) is 54.7 Å². The fourth-order valence-electron chi connectivity index (χ4n) is 4.01. The molecular weight excluding hydrogens is 446 g/mol. The van der Waals surface area contributed by atoms with Crippen molar-refractivity contribution in [1.82, 2.24) is 14.7 Å². The van der Waals surface area contributed by atoms with E-state index in [0.29, 0.717) is 12.2 Å². The van der Waals surface area contributed by atoms with Crippen LogP contribution in [0.2, 0.25) is 0 Å². The highest BCUT2D eigenvalue weighted by atomic mass is 32.1. The van der Waals surface area contributed by atoms with Gasteiger partial charge in [0.1, 0.15) is 11.6 Å². The SMILES string of the molecule is Cc1c(CNC(=O)C2CC(=O)N(c3cccc(F)c3)C2)sc2nc(-c3ccc(F)cc3)cn12. The minimum Gasteiger partial charge on any atom is -0.351 e. The molecule has 1 saturated heterocycles. The molecular formula is C24H20F2N4O2S. The summed E-state index contributed by atoms with van der Waals surface area (Å²) in [6, 6.07) is 12.0. The van der Waals surface area contributed by atoms with E-state index in [9.17, 15) is 18.4 Å². The topological polar surface area (TPSA) is 66.7 Å². The summed E-state index contributed by atoms with van der Waals surface area (Å²) in [5.74, 6) is -1.61. The normalized spacial score (nSPS) is 16.0. The van der Waals surface area contributed by atoms with E-state index in [-0.39, 0.29) is 30.6 Å². The predicted molar refractivity (Wildman–Crippen MR) is 122 cm³/mol. The van der Waals surface area contributed by atoms with Crippen LogP contribution in [0.25, 0.3) is 16.2 Å². The van der Waals surface area contributed by atoms with Crippen molar-refractivity contribution in [2.24, 2.45) is 5.92 Å². The van der Waals surface area contributed by atoms with Crippen molar-refractivity contribution in [3.8, 4) is 11.3 Å². The molecule has 1 fully saturated rings. The predicted octanol–water partition coefficient (Wildman–Crippen LogP) is 4.32. The van der Waals surface area contributed by atoms with Crippen LogP contribution in [-0.4, -0.2) is 27.7 Å². The number of fused-ring (bicyclic) bond motifs is 1. The zero-order valence-corrected chi connectivity index (χ0v) is 18.5. The van der Waals surface area contributed by atoms with Gasteiger partial charge in [0.05, 0.1) is 18.2 Å². The number of imidazole rings is 1. The second kappa shape index (κ2) is 8.40. The van der Waals surface area contributed by atoms with Gasteiger partial charge in [-0.3, -0.25) is 14.0 Å². The largest absolute Gasteiger partial charge is 0.351 e. The number of hydrogen-bond donors (Lipinski definition) is 1. The molecule has 0 radical (unpaired) electrons. The Morgan fingerprint density at radius 1 is 1.18 bits per heavy atom. The van der Waals surface area contributed by atoms with Gasteiger partial charge in [0.2, 0.25) is 11.8 Å². The van der Waals surface area contributed by atoms with Gasteiger partial charge in [-0.25, -0.2) is 13.8 Å². The Hall–Kier alpha value is -3.59. The van der Waals surface area contributed by atoms with E-state index in [1.807, 2.05) is 17.5 Å². The quantitative estimate of drug-likeness (QED) is 0.477. The van der Waals surface area contributed by atoms with Gasteiger partial charge in [0.25, 0.3) is 0 Å². The first-order chi connectivity index (χ1) is 15.9. The Morgan fingerprint density at radius 2 is 1.97 bits per heavy atom. The van der Waals surface area contributed by atoms with Gasteiger partial charge in [-0.1, -0.05) is 17.4 Å². The zero-order valence-electron chi connectivity index (χ0n) is 17.7. The van der Waals surface area contributed by atoms with E-state index in [1.54, 1.807) is 24.3 Å². The molecule has 168 valence electrons. The molecule has 0 saturated carbocycles. The number of carbonyl (C=O) groups excluding carboxylic acids is 2. The van der Waals surface area contributed by atoms with E-state index in [4.69, 9.17) is 0 Å². The number of thiazole rings is 1. The van der Waals surface area contributed by atoms with Crippen LogP contribution in [0.4, 0.5) is 14.5 Å². The molecule has 0 bridgehead atoms. The van der Waals surface area contributed by atoms with Crippen LogP contribution in [0.3, 0.4) is 0 Å². The highest BCUT2D eigenvalue weighted by Crippen LogP contribution is 2.28. The molecule has 1 atom stereocenters. The Bertz CT molecular complexity index is 1360. The highest BCUT2D eigenvalue weighted by Gasteiger charge is 2.35. The number of carbonyl (C=O) groups is 2. The van der Waals surface area contributed by atoms with Crippen LogP contribution in [0, 0.1) is 24.5 Å². The van der Waals surface area contributed by atoms with Crippen LogP contribution < -0.4 is 10.2 Å². The average Bonchev–Trinajstić information content (AvgIpc) is 3.47. The molecule has 2 aromatic heterocycles. The van der Waals surface area contributed by atoms with Crippen molar-refractivity contribution in [1.29, 1.82) is 0 Å². The molecule has 1 aliphatic heterocycles. The first-order valence-electron chi connectivity index (χ1n) is 10.5. The highest BCUT2D eigenvalue weighted by molar-refractivity contribution is 7.17. The summed E-state index contributed by atoms with van der Waals surface area (Å²) >= 11 is 1.47. The van der Waals surface area contributed by atoms with Crippen LogP contribution in [0.5, 0.6) is 0 Å². The fourth-order valence-corrected chi connectivity index (χ4v) is 5.05. The number of benzene rings is 2. The molecule has 4 aromatic rings. The summed E-state index contributed by atoms with van der Waals surface area (Å²) in [5.41, 5.74) is 3.00. The second-order valence-electron chi connectivity index (χ2n) is 8.00. The number of halogens is 2. The van der Waals surface area contributed by atoms with Gasteiger partial charge >= 0.3 is 0 Å². The van der Waals surface area contributed by atoms with Gasteiger partial charge in [0, 0.05) is 41.0 Å². The molecule has 1 N–H and O–H groups in total. The van der Waals surface area contributed by atoms with Crippen molar-refractivity contribution >= 4 is 33.8 Å². The maximum atomic E-state index is 13.5. The van der Waals surface area contributed by atoms with Crippen molar-refractivity contribution in [3.63, 3.8) is 0 Å². The molecule has 2 amide bonds. The van der Waals surface area contributed by atoms with E-state index < -0.39 is 11.7 Å². The number of hydrogen-bond acceptors (Lipinski definition) is 4. The monoisotopic (exact) mass is 466 g/mol. The van der Waals surface area contributed by atoms with E-state index in [0.717, 1.165) is 26.8 Å². The second-order valence-corrected chi connectivity index (χ2v) is 9.06. The lowest BCUT2D eigenvalue weighted by molar-refractivity contribution is -0.126. The molecule has 3 heterocycles. The number of aromatic nitrogens is 2. The molecule has 0 aliphatic carbocycles. The molecule has 33 heavy (non-hydrogen) atoms. The minimum absolute atomic E-state index is 0.0934. The van der Waals surface area contributed by atoms with Gasteiger partial charge in [0.15, 0.2) is 4.96 Å². The fraction of sp³-hybridized carbons (Fsp3) is 0.208. The lowest BCUT2D eigenvalue weighted by atomic mass is 10.1. The van der Waals surface area contributed by atoms with E-state index >= 15 is 0 Å². The standard InChI is InChI=1S/C24H20F2N4O2S/c1-14-21(33-24-28-20(13-29(14)24)15-5-7-17(25)8-6-15)11-27-23(32)16-9-22(31)30(12-16)19-4-2-3-18(26)10-19/h2-8,10,13,16H,9,11-12H2,1H3,(H,27,32). The summed E-state index contributed by atoms with van der Waals surface area (Å²) in [4.78, 5) is 32.9. The zero-order chi connectivity index (χ0) is 23.1. The average molecular weight is 467 g/mol. The van der Waals surface area contributed by atoms with E-state index in [1.165, 1.54) is 40.5 Å². The Labute approximate surface area is 192 Å². The molecule has 9 heteroatoms. The van der Waals surface area contributed by atoms with Crippen molar-refractivity contribution in [3.05, 3.63) is 76.9 Å². The van der Waals surface area contributed by atoms with Crippen molar-refractivity contribution in [2.45, 2.75) is 19.9 Å². The smallest absolute Gasteiger partial charge is 0.227 e. The van der Waals surface area contributed by atoms with Gasteiger partial charge in [-0.15, -0.1) is 0 Å². The summed E-state index contributed by atoms with van der Waals surface area (Å²) in [7, 11) is 0. The third-order valence-electron chi connectivity index (χ3n) is 5.83. The van der Waals surface area contributed by atoms with Crippen LogP contribution in [-0.2, 0) is 16.1 Å². The number of nitrogens with one attached hydrogen (secondary N) is 1. The Balaban J connectivity index is 1.25. The molecule has 5 rings (SSSR count). The summed E-state index contributed by atoms with van der Waals surface area (Å²) < 4.78 is 28.6. The number of amides is 2. The Kier molecular flexibility index (Phi) is 5.41. The number of aryl methyl sites for hydroxylation is 1. The van der Waals surface area contributed by atoms with Crippen molar-refractivity contribution in [2.75, 3.05) is 11.4 Å². The van der Waals surface area contributed by atoms with Crippen LogP contribution >= 0.6 is 11.3 Å². The molecule has 1 aliphatic rings. The molecule has 2 aromatic carbocycles. The number of nitrogens with zero attached hydrogens (tertiary/aromatic N) is 3. The minimum atomic E-state index is -0.491. The number of anilines is 1. The maximum absolute atomic E-state index is 13.5. The van der Waals surface area contributed by atoms with Gasteiger partial charge < -0.3 is 10.2 Å². The lowest BCUT2D eigenvalue weighted by Crippen LogP contribution is -2.32. The third kappa shape index (κ3) is 4.11. The molecule has 0 spiro atoms. The first-order valence-corrected chi connectivity index (χ1v) is 11.3. The lowest BCUT2D eigenvalue weighted by Gasteiger charge is -2.16. The van der Waals surface area contributed by atoms with E-state index in [2.05, 4.69) is 10.3 Å². The first kappa shape index (κ1) is 21.3. The number of rotatable bonds is 5. The molecule has 6 nitrogen and oxygen atoms in total. The van der Waals surface area contributed by atoms with Crippen LogP contribution in [0.1, 0.15) is 17.0 Å². The summed E-state index contributed by atoms with van der Waals surface area (Å²) in [6.45, 7) is 2.50. The molecule has 1 unspecified atom stereocenters.